The van der Waals surface area contributed by atoms with Gasteiger partial charge in [-0.1, -0.05) is 17.7 Å². The Bertz CT molecular complexity index is 491. The summed E-state index contributed by atoms with van der Waals surface area (Å²) in [7, 11) is 1.33. The standard InChI is InChI=1S/C14H19ClN2O3/c1-4-17(8-7-13(18)20-3)14(19)16-11-6-5-10(2)12(15)9-11/h5-6,9H,4,7-8H2,1-3H3,(H,16,19). The number of benzene rings is 1. The zero-order chi connectivity index (χ0) is 15.1. The molecule has 0 saturated heterocycles. The number of nitrogens with zero attached hydrogens (tertiary/aromatic N) is 1. The van der Waals surface area contributed by atoms with Crippen LogP contribution in [0.25, 0.3) is 0 Å². The zero-order valence-corrected chi connectivity index (χ0v) is 12.7. The minimum absolute atomic E-state index is 0.173. The van der Waals surface area contributed by atoms with Gasteiger partial charge in [0, 0.05) is 23.8 Å². The van der Waals surface area contributed by atoms with E-state index in [1.165, 1.54) is 12.0 Å². The molecule has 5 nitrogen and oxygen atoms in total. The van der Waals surface area contributed by atoms with Crippen LogP contribution in [0.4, 0.5) is 10.5 Å². The summed E-state index contributed by atoms with van der Waals surface area (Å²) < 4.78 is 4.56. The molecule has 0 saturated carbocycles. The Kier molecular flexibility index (Phi) is 6.31. The predicted octanol–water partition coefficient (Wildman–Crippen LogP) is 3.07. The maximum absolute atomic E-state index is 12.1. The predicted molar refractivity (Wildman–Crippen MR) is 79.1 cm³/mol. The number of carbonyl (C=O) groups is 2. The second kappa shape index (κ2) is 7.75. The van der Waals surface area contributed by atoms with Crippen LogP contribution < -0.4 is 5.32 Å². The van der Waals surface area contributed by atoms with E-state index in [-0.39, 0.29) is 18.4 Å². The first-order chi connectivity index (χ1) is 9.47. The van der Waals surface area contributed by atoms with Crippen molar-refractivity contribution >= 4 is 29.3 Å². The van der Waals surface area contributed by atoms with Gasteiger partial charge in [0.25, 0.3) is 0 Å². The molecule has 6 heteroatoms. The van der Waals surface area contributed by atoms with Crippen molar-refractivity contribution in [3.05, 3.63) is 28.8 Å². The molecule has 1 rings (SSSR count). The number of halogens is 1. The molecular weight excluding hydrogens is 280 g/mol. The summed E-state index contributed by atoms with van der Waals surface area (Å²) >= 11 is 6.01. The summed E-state index contributed by atoms with van der Waals surface area (Å²) in [5.41, 5.74) is 1.57. The number of aryl methyl sites for hydroxylation is 1. The molecule has 2 amide bonds. The van der Waals surface area contributed by atoms with Crippen molar-refractivity contribution in [3.8, 4) is 0 Å². The van der Waals surface area contributed by atoms with E-state index in [1.54, 1.807) is 12.1 Å². The van der Waals surface area contributed by atoms with E-state index in [0.717, 1.165) is 5.56 Å². The highest BCUT2D eigenvalue weighted by Gasteiger charge is 2.13. The third-order valence-corrected chi connectivity index (χ3v) is 3.31. The number of rotatable bonds is 5. The fourth-order valence-electron chi connectivity index (χ4n) is 1.60. The van der Waals surface area contributed by atoms with Gasteiger partial charge in [-0.2, -0.15) is 0 Å². The SMILES string of the molecule is CCN(CCC(=O)OC)C(=O)Nc1ccc(C)c(Cl)c1. The Balaban J connectivity index is 2.62. The quantitative estimate of drug-likeness (QED) is 0.850. The summed E-state index contributed by atoms with van der Waals surface area (Å²) in [5.74, 6) is -0.338. The van der Waals surface area contributed by atoms with Gasteiger partial charge in [-0.25, -0.2) is 4.79 Å². The lowest BCUT2D eigenvalue weighted by Gasteiger charge is -2.21. The molecule has 110 valence electrons. The number of methoxy groups -OCH3 is 1. The molecule has 1 aromatic carbocycles. The molecule has 1 aromatic rings. The van der Waals surface area contributed by atoms with Crippen LogP contribution in [0.5, 0.6) is 0 Å². The van der Waals surface area contributed by atoms with Gasteiger partial charge >= 0.3 is 12.0 Å². The van der Waals surface area contributed by atoms with Crippen molar-refractivity contribution in [2.75, 3.05) is 25.5 Å². The molecule has 1 N–H and O–H groups in total. The van der Waals surface area contributed by atoms with Crippen molar-refractivity contribution in [3.63, 3.8) is 0 Å². The van der Waals surface area contributed by atoms with Crippen LogP contribution in [0.3, 0.4) is 0 Å². The van der Waals surface area contributed by atoms with Gasteiger partial charge in [0.2, 0.25) is 0 Å². The van der Waals surface area contributed by atoms with Gasteiger partial charge in [0.1, 0.15) is 0 Å². The van der Waals surface area contributed by atoms with Gasteiger partial charge in [-0.05, 0) is 31.5 Å². The number of amides is 2. The maximum Gasteiger partial charge on any atom is 0.321 e. The third-order valence-electron chi connectivity index (χ3n) is 2.91. The summed E-state index contributed by atoms with van der Waals surface area (Å²) in [4.78, 5) is 24.7. The second-order valence-electron chi connectivity index (χ2n) is 4.30. The van der Waals surface area contributed by atoms with E-state index >= 15 is 0 Å². The fraction of sp³-hybridized carbons (Fsp3) is 0.429. The van der Waals surface area contributed by atoms with Crippen LogP contribution >= 0.6 is 11.6 Å². The molecule has 0 fully saturated rings. The summed E-state index contributed by atoms with van der Waals surface area (Å²) in [6.45, 7) is 4.55. The number of anilines is 1. The molecule has 0 aliphatic heterocycles. The summed E-state index contributed by atoms with van der Waals surface area (Å²) in [6.07, 6.45) is 0.173. The van der Waals surface area contributed by atoms with Crippen LogP contribution in [-0.4, -0.2) is 37.1 Å². The Labute approximate surface area is 123 Å². The number of urea groups is 1. The van der Waals surface area contributed by atoms with Gasteiger partial charge in [0.15, 0.2) is 0 Å². The number of nitrogens with one attached hydrogen (secondary N) is 1. The van der Waals surface area contributed by atoms with Gasteiger partial charge in [-0.15, -0.1) is 0 Å². The topological polar surface area (TPSA) is 58.6 Å². The smallest absolute Gasteiger partial charge is 0.321 e. The van der Waals surface area contributed by atoms with Crippen LogP contribution in [0.15, 0.2) is 18.2 Å². The molecule has 20 heavy (non-hydrogen) atoms. The lowest BCUT2D eigenvalue weighted by Crippen LogP contribution is -2.36. The number of hydrogen-bond acceptors (Lipinski definition) is 3. The lowest BCUT2D eigenvalue weighted by atomic mass is 10.2. The molecule has 0 spiro atoms. The van der Waals surface area contributed by atoms with Crippen LogP contribution in [-0.2, 0) is 9.53 Å². The second-order valence-corrected chi connectivity index (χ2v) is 4.71. The molecule has 0 aliphatic rings. The van der Waals surface area contributed by atoms with Crippen molar-refractivity contribution < 1.29 is 14.3 Å². The number of hydrogen-bond donors (Lipinski definition) is 1. The molecule has 0 atom stereocenters. The van der Waals surface area contributed by atoms with E-state index in [9.17, 15) is 9.59 Å². The van der Waals surface area contributed by atoms with Crippen LogP contribution in [0, 0.1) is 6.92 Å². The largest absolute Gasteiger partial charge is 0.469 e. The van der Waals surface area contributed by atoms with Crippen molar-refractivity contribution in [1.82, 2.24) is 4.90 Å². The highest BCUT2D eigenvalue weighted by molar-refractivity contribution is 6.31. The Morgan fingerprint density at radius 1 is 1.40 bits per heavy atom. The normalized spacial score (nSPS) is 10.0. The minimum Gasteiger partial charge on any atom is -0.469 e. The van der Waals surface area contributed by atoms with Crippen molar-refractivity contribution in [2.45, 2.75) is 20.3 Å². The Morgan fingerprint density at radius 2 is 2.10 bits per heavy atom. The van der Waals surface area contributed by atoms with Crippen LogP contribution in [0.1, 0.15) is 18.9 Å². The Hall–Kier alpha value is -1.75. The first-order valence-corrected chi connectivity index (χ1v) is 6.74. The van der Waals surface area contributed by atoms with Gasteiger partial charge in [-0.3, -0.25) is 4.79 Å². The maximum atomic E-state index is 12.1. The van der Waals surface area contributed by atoms with Gasteiger partial charge in [0.05, 0.1) is 13.5 Å². The number of esters is 1. The number of carbonyl (C=O) groups excluding carboxylic acids is 2. The molecular formula is C14H19ClN2O3. The van der Waals surface area contributed by atoms with E-state index < -0.39 is 0 Å². The summed E-state index contributed by atoms with van der Waals surface area (Å²) in [5, 5.41) is 3.35. The van der Waals surface area contributed by atoms with E-state index in [2.05, 4.69) is 10.1 Å². The molecule has 0 radical (unpaired) electrons. The zero-order valence-electron chi connectivity index (χ0n) is 11.9. The summed E-state index contributed by atoms with van der Waals surface area (Å²) in [6, 6.07) is 5.05. The first kappa shape index (κ1) is 16.3. The first-order valence-electron chi connectivity index (χ1n) is 6.36. The molecule has 0 unspecified atom stereocenters. The third kappa shape index (κ3) is 4.74. The van der Waals surface area contributed by atoms with Crippen LogP contribution in [0.2, 0.25) is 5.02 Å². The lowest BCUT2D eigenvalue weighted by molar-refractivity contribution is -0.140. The fourth-order valence-corrected chi connectivity index (χ4v) is 1.79. The monoisotopic (exact) mass is 298 g/mol. The minimum atomic E-state index is -0.338. The molecule has 0 aliphatic carbocycles. The average molecular weight is 299 g/mol. The van der Waals surface area contributed by atoms with Crippen molar-refractivity contribution in [1.29, 1.82) is 0 Å². The molecule has 0 aromatic heterocycles. The highest BCUT2D eigenvalue weighted by Crippen LogP contribution is 2.20. The van der Waals surface area contributed by atoms with E-state index in [0.29, 0.717) is 23.8 Å². The van der Waals surface area contributed by atoms with Gasteiger partial charge < -0.3 is 15.0 Å². The Morgan fingerprint density at radius 3 is 2.65 bits per heavy atom. The molecule has 0 heterocycles. The number of ether oxygens (including phenoxy) is 1. The highest BCUT2D eigenvalue weighted by atomic mass is 35.5. The molecule has 0 bridgehead atoms. The average Bonchev–Trinajstić information content (AvgIpc) is 2.43. The van der Waals surface area contributed by atoms with Crippen molar-refractivity contribution in [2.24, 2.45) is 0 Å². The van der Waals surface area contributed by atoms with E-state index in [4.69, 9.17) is 11.6 Å². The van der Waals surface area contributed by atoms with E-state index in [1.807, 2.05) is 19.9 Å².